The number of aryl methyl sites for hydroxylation is 1. The summed E-state index contributed by atoms with van der Waals surface area (Å²) in [5.41, 5.74) is 7.27. The molecule has 0 saturated heterocycles. The van der Waals surface area contributed by atoms with Crippen LogP contribution in [0.25, 0.3) is 0 Å². The zero-order valence-electron chi connectivity index (χ0n) is 11.5. The van der Waals surface area contributed by atoms with Gasteiger partial charge in [0.15, 0.2) is 6.61 Å². The number of nitrogen functional groups attached to an aromatic ring is 1. The molecule has 1 aromatic carbocycles. The molecule has 0 aliphatic heterocycles. The van der Waals surface area contributed by atoms with E-state index in [9.17, 15) is 4.79 Å². The van der Waals surface area contributed by atoms with E-state index in [1.165, 1.54) is 0 Å². The van der Waals surface area contributed by atoms with Crippen molar-refractivity contribution >= 4 is 11.6 Å². The lowest BCUT2D eigenvalue weighted by Gasteiger charge is -2.17. The van der Waals surface area contributed by atoms with Gasteiger partial charge in [-0.1, -0.05) is 19.9 Å². The molecule has 0 aliphatic rings. The molecule has 0 spiro atoms. The second-order valence-electron chi connectivity index (χ2n) is 4.91. The van der Waals surface area contributed by atoms with Crippen LogP contribution in [0.1, 0.15) is 26.3 Å². The summed E-state index contributed by atoms with van der Waals surface area (Å²) >= 11 is 0. The second kappa shape index (κ2) is 6.28. The van der Waals surface area contributed by atoms with E-state index in [2.05, 4.69) is 19.2 Å². The Kier molecular flexibility index (Phi) is 5.01. The third-order valence-corrected chi connectivity index (χ3v) is 2.96. The van der Waals surface area contributed by atoms with Crippen molar-refractivity contribution in [1.82, 2.24) is 5.32 Å². The number of nitrogens with two attached hydrogens (primary N) is 1. The van der Waals surface area contributed by atoms with E-state index in [0.29, 0.717) is 17.4 Å². The smallest absolute Gasteiger partial charge is 0.258 e. The molecule has 0 aliphatic carbocycles. The first-order valence-electron chi connectivity index (χ1n) is 6.18. The van der Waals surface area contributed by atoms with Crippen LogP contribution in [0.15, 0.2) is 18.2 Å². The van der Waals surface area contributed by atoms with E-state index in [1.807, 2.05) is 26.0 Å². The predicted octanol–water partition coefficient (Wildman–Crippen LogP) is 2.12. The van der Waals surface area contributed by atoms with Crippen LogP contribution in [0.5, 0.6) is 5.75 Å². The minimum atomic E-state index is -0.113. The van der Waals surface area contributed by atoms with Gasteiger partial charge in [-0.25, -0.2) is 0 Å². The monoisotopic (exact) mass is 250 g/mol. The number of nitrogens with one attached hydrogen (secondary N) is 1. The van der Waals surface area contributed by atoms with Crippen molar-refractivity contribution in [2.45, 2.75) is 33.7 Å². The molecule has 3 N–H and O–H groups in total. The van der Waals surface area contributed by atoms with Crippen molar-refractivity contribution in [3.63, 3.8) is 0 Å². The summed E-state index contributed by atoms with van der Waals surface area (Å²) in [6.07, 6.45) is 0. The average Bonchev–Trinajstić information content (AvgIpc) is 2.30. The lowest BCUT2D eigenvalue weighted by Crippen LogP contribution is -2.39. The molecule has 0 heterocycles. The summed E-state index contributed by atoms with van der Waals surface area (Å²) < 4.78 is 5.47. The Balaban J connectivity index is 2.50. The Bertz CT molecular complexity index is 416. The van der Waals surface area contributed by atoms with Crippen molar-refractivity contribution in [2.75, 3.05) is 12.3 Å². The van der Waals surface area contributed by atoms with Crippen molar-refractivity contribution in [1.29, 1.82) is 0 Å². The van der Waals surface area contributed by atoms with Crippen molar-refractivity contribution in [2.24, 2.45) is 5.92 Å². The Morgan fingerprint density at radius 3 is 2.67 bits per heavy atom. The highest BCUT2D eigenvalue weighted by Crippen LogP contribution is 2.20. The minimum Gasteiger partial charge on any atom is -0.483 e. The number of ether oxygens (including phenoxy) is 1. The maximum absolute atomic E-state index is 11.7. The first-order valence-corrected chi connectivity index (χ1v) is 6.18. The van der Waals surface area contributed by atoms with E-state index >= 15 is 0 Å². The highest BCUT2D eigenvalue weighted by atomic mass is 16.5. The van der Waals surface area contributed by atoms with Crippen LogP contribution in [0.4, 0.5) is 5.69 Å². The first kappa shape index (κ1) is 14.4. The van der Waals surface area contributed by atoms with Gasteiger partial charge >= 0.3 is 0 Å². The lowest BCUT2D eigenvalue weighted by molar-refractivity contribution is -0.124. The number of carbonyl (C=O) groups is 1. The van der Waals surface area contributed by atoms with Gasteiger partial charge in [0, 0.05) is 17.8 Å². The summed E-state index contributed by atoms with van der Waals surface area (Å²) in [5, 5.41) is 2.89. The summed E-state index contributed by atoms with van der Waals surface area (Å²) in [7, 11) is 0. The fourth-order valence-electron chi connectivity index (χ4n) is 1.38. The maximum Gasteiger partial charge on any atom is 0.258 e. The second-order valence-corrected chi connectivity index (χ2v) is 4.91. The molecule has 18 heavy (non-hydrogen) atoms. The molecule has 1 aromatic rings. The van der Waals surface area contributed by atoms with Gasteiger partial charge in [0.25, 0.3) is 5.91 Å². The van der Waals surface area contributed by atoms with Crippen molar-refractivity contribution < 1.29 is 9.53 Å². The molecular weight excluding hydrogens is 228 g/mol. The highest BCUT2D eigenvalue weighted by Gasteiger charge is 2.11. The Labute approximate surface area is 109 Å². The van der Waals surface area contributed by atoms with Gasteiger partial charge < -0.3 is 15.8 Å². The van der Waals surface area contributed by atoms with E-state index in [-0.39, 0.29) is 18.6 Å². The summed E-state index contributed by atoms with van der Waals surface area (Å²) in [6, 6.07) is 5.56. The van der Waals surface area contributed by atoms with Crippen LogP contribution in [-0.2, 0) is 4.79 Å². The molecule has 0 bridgehead atoms. The molecule has 100 valence electrons. The zero-order valence-corrected chi connectivity index (χ0v) is 11.5. The summed E-state index contributed by atoms with van der Waals surface area (Å²) in [5.74, 6) is 0.948. The van der Waals surface area contributed by atoms with Crippen LogP contribution in [0.3, 0.4) is 0 Å². The van der Waals surface area contributed by atoms with E-state index in [1.54, 1.807) is 6.07 Å². The fraction of sp³-hybridized carbons (Fsp3) is 0.500. The average molecular weight is 250 g/mol. The van der Waals surface area contributed by atoms with Gasteiger partial charge in [-0.3, -0.25) is 4.79 Å². The van der Waals surface area contributed by atoms with Gasteiger partial charge in [-0.2, -0.15) is 0 Å². The number of anilines is 1. The van der Waals surface area contributed by atoms with Crippen LogP contribution in [-0.4, -0.2) is 18.6 Å². The van der Waals surface area contributed by atoms with Crippen LogP contribution < -0.4 is 15.8 Å². The maximum atomic E-state index is 11.7. The van der Waals surface area contributed by atoms with Crippen molar-refractivity contribution in [3.8, 4) is 5.75 Å². The minimum absolute atomic E-state index is 0.0152. The van der Waals surface area contributed by atoms with Crippen LogP contribution >= 0.6 is 0 Å². The largest absolute Gasteiger partial charge is 0.483 e. The molecule has 1 amide bonds. The number of amides is 1. The predicted molar refractivity (Wildman–Crippen MR) is 73.5 cm³/mol. The van der Waals surface area contributed by atoms with Crippen LogP contribution in [0, 0.1) is 12.8 Å². The zero-order chi connectivity index (χ0) is 13.7. The molecule has 4 heteroatoms. The SMILES string of the molecule is Cc1ccc(N)cc1OCC(=O)NC(C)C(C)C. The fourth-order valence-corrected chi connectivity index (χ4v) is 1.38. The topological polar surface area (TPSA) is 64.3 Å². The summed E-state index contributed by atoms with van der Waals surface area (Å²) in [4.78, 5) is 11.7. The van der Waals surface area contributed by atoms with Gasteiger partial charge in [-0.05, 0) is 31.4 Å². The van der Waals surface area contributed by atoms with Crippen molar-refractivity contribution in [3.05, 3.63) is 23.8 Å². The molecule has 4 nitrogen and oxygen atoms in total. The number of carbonyl (C=O) groups excluding carboxylic acids is 1. The van der Waals surface area contributed by atoms with E-state index in [4.69, 9.17) is 10.5 Å². The Hall–Kier alpha value is -1.71. The number of rotatable bonds is 5. The van der Waals surface area contributed by atoms with Gasteiger partial charge in [0.05, 0.1) is 0 Å². The molecule has 1 atom stereocenters. The summed E-state index contributed by atoms with van der Waals surface area (Å²) in [6.45, 7) is 8.04. The van der Waals surface area contributed by atoms with Gasteiger partial charge in [-0.15, -0.1) is 0 Å². The Morgan fingerprint density at radius 1 is 1.39 bits per heavy atom. The van der Waals surface area contributed by atoms with Gasteiger partial charge in [0.2, 0.25) is 0 Å². The molecule has 0 saturated carbocycles. The molecule has 0 aromatic heterocycles. The molecular formula is C14H22N2O2. The van der Waals surface area contributed by atoms with E-state index < -0.39 is 0 Å². The standard InChI is InChI=1S/C14H22N2O2/c1-9(2)11(4)16-14(17)8-18-13-7-12(15)6-5-10(13)3/h5-7,9,11H,8,15H2,1-4H3,(H,16,17). The normalized spacial score (nSPS) is 12.3. The lowest BCUT2D eigenvalue weighted by atomic mass is 10.1. The third kappa shape index (κ3) is 4.28. The molecule has 0 radical (unpaired) electrons. The number of hydrogen-bond donors (Lipinski definition) is 2. The quantitative estimate of drug-likeness (QED) is 0.787. The van der Waals surface area contributed by atoms with E-state index in [0.717, 1.165) is 5.56 Å². The van der Waals surface area contributed by atoms with Gasteiger partial charge in [0.1, 0.15) is 5.75 Å². The molecule has 0 fully saturated rings. The highest BCUT2D eigenvalue weighted by molar-refractivity contribution is 5.77. The molecule has 1 rings (SSSR count). The first-order chi connectivity index (χ1) is 8.40. The third-order valence-electron chi connectivity index (χ3n) is 2.96. The molecule has 1 unspecified atom stereocenters. The van der Waals surface area contributed by atoms with Crippen LogP contribution in [0.2, 0.25) is 0 Å². The number of hydrogen-bond acceptors (Lipinski definition) is 3. The number of benzene rings is 1. The Morgan fingerprint density at radius 2 is 2.06 bits per heavy atom.